The van der Waals surface area contributed by atoms with Gasteiger partial charge in [-0.1, -0.05) is 15.9 Å². The van der Waals surface area contributed by atoms with E-state index in [0.29, 0.717) is 16.0 Å². The van der Waals surface area contributed by atoms with E-state index in [-0.39, 0.29) is 5.75 Å². The van der Waals surface area contributed by atoms with Crippen molar-refractivity contribution in [2.45, 2.75) is 13.8 Å². The predicted molar refractivity (Wildman–Crippen MR) is 93.1 cm³/mol. The topological polar surface area (TPSA) is 81.1 Å². The fraction of sp³-hybridized carbons (Fsp3) is 0.143. The minimum atomic E-state index is 0.109. The maximum absolute atomic E-state index is 10.1. The number of aromatic nitrogens is 5. The Morgan fingerprint density at radius 2 is 2.00 bits per heavy atom. The van der Waals surface area contributed by atoms with E-state index in [0.717, 1.165) is 15.9 Å². The van der Waals surface area contributed by atoms with E-state index < -0.39 is 0 Å². The van der Waals surface area contributed by atoms with Crippen LogP contribution in [0.2, 0.25) is 0 Å². The van der Waals surface area contributed by atoms with Gasteiger partial charge in [0.25, 0.3) is 5.95 Å². The highest BCUT2D eigenvalue weighted by atomic mass is 79.9. The summed E-state index contributed by atoms with van der Waals surface area (Å²) in [5.41, 5.74) is 2.37. The monoisotopic (exact) mass is 438 g/mol. The lowest BCUT2D eigenvalue weighted by Crippen LogP contribution is -2.06. The summed E-state index contributed by atoms with van der Waals surface area (Å²) in [5.74, 6) is 0.582. The SMILES string of the molecule is Cc1cc(C)n(-c2nncn2/N=C/c2cc(Br)cc(Br)c2O)n1. The van der Waals surface area contributed by atoms with Gasteiger partial charge in [0.2, 0.25) is 0 Å². The van der Waals surface area contributed by atoms with Gasteiger partial charge >= 0.3 is 0 Å². The molecule has 0 saturated carbocycles. The molecule has 0 saturated heterocycles. The van der Waals surface area contributed by atoms with E-state index >= 15 is 0 Å². The van der Waals surface area contributed by atoms with Crippen LogP contribution in [0, 0.1) is 13.8 Å². The summed E-state index contributed by atoms with van der Waals surface area (Å²) < 4.78 is 4.56. The second-order valence-corrected chi connectivity index (χ2v) is 6.65. The average molecular weight is 440 g/mol. The van der Waals surface area contributed by atoms with Crippen molar-refractivity contribution in [3.63, 3.8) is 0 Å². The van der Waals surface area contributed by atoms with Crippen molar-refractivity contribution in [3.8, 4) is 11.7 Å². The molecule has 0 aliphatic heterocycles. The van der Waals surface area contributed by atoms with Crippen molar-refractivity contribution in [1.29, 1.82) is 0 Å². The summed E-state index contributed by atoms with van der Waals surface area (Å²) in [6.45, 7) is 3.84. The molecule has 23 heavy (non-hydrogen) atoms. The molecule has 118 valence electrons. The standard InChI is InChI=1S/C14H12Br2N6O/c1-8-3-9(2)22(20-8)14-19-17-7-21(14)18-6-10-4-11(15)5-12(16)13(10)23/h3-7,23H,1-2H3/b18-6+. The largest absolute Gasteiger partial charge is 0.506 e. The molecule has 7 nitrogen and oxygen atoms in total. The van der Waals surface area contributed by atoms with E-state index in [1.807, 2.05) is 19.9 Å². The van der Waals surface area contributed by atoms with Gasteiger partial charge in [0.1, 0.15) is 12.1 Å². The summed E-state index contributed by atoms with van der Waals surface area (Å²) >= 11 is 6.67. The highest BCUT2D eigenvalue weighted by molar-refractivity contribution is 9.11. The molecule has 1 N–H and O–H groups in total. The number of phenolic OH excluding ortho intramolecular Hbond substituents is 1. The highest BCUT2D eigenvalue weighted by Crippen LogP contribution is 2.30. The third-order valence-corrected chi connectivity index (χ3v) is 4.15. The Bertz CT molecular complexity index is 899. The van der Waals surface area contributed by atoms with Crippen molar-refractivity contribution in [1.82, 2.24) is 24.7 Å². The summed E-state index contributed by atoms with van der Waals surface area (Å²) in [4.78, 5) is 0. The molecule has 1 aromatic carbocycles. The third-order valence-electron chi connectivity index (χ3n) is 3.09. The lowest BCUT2D eigenvalue weighted by Gasteiger charge is -2.04. The Hall–Kier alpha value is -2.00. The third kappa shape index (κ3) is 3.20. The van der Waals surface area contributed by atoms with Crippen LogP contribution in [0.5, 0.6) is 5.75 Å². The number of nitrogens with zero attached hydrogens (tertiary/aromatic N) is 6. The summed E-state index contributed by atoms with van der Waals surface area (Å²) in [7, 11) is 0. The van der Waals surface area contributed by atoms with Crippen molar-refractivity contribution in [3.05, 3.63) is 50.4 Å². The van der Waals surface area contributed by atoms with Crippen LogP contribution in [0.1, 0.15) is 17.0 Å². The molecule has 3 aromatic rings. The lowest BCUT2D eigenvalue weighted by atomic mass is 10.2. The van der Waals surface area contributed by atoms with E-state index in [1.165, 1.54) is 17.2 Å². The number of halogens is 2. The minimum Gasteiger partial charge on any atom is -0.506 e. The van der Waals surface area contributed by atoms with Gasteiger partial charge in [0, 0.05) is 15.7 Å². The summed E-state index contributed by atoms with van der Waals surface area (Å²) in [5, 5.41) is 26.7. The van der Waals surface area contributed by atoms with Crippen LogP contribution in [0.25, 0.3) is 5.95 Å². The fourth-order valence-electron chi connectivity index (χ4n) is 2.08. The molecule has 2 heterocycles. The Morgan fingerprint density at radius 1 is 1.22 bits per heavy atom. The normalized spacial score (nSPS) is 11.5. The molecule has 0 aliphatic rings. The maximum Gasteiger partial charge on any atom is 0.273 e. The lowest BCUT2D eigenvalue weighted by molar-refractivity contribution is 0.471. The van der Waals surface area contributed by atoms with Gasteiger partial charge < -0.3 is 5.11 Å². The van der Waals surface area contributed by atoms with Gasteiger partial charge in [-0.15, -0.1) is 10.2 Å². The molecule has 0 fully saturated rings. The molecular formula is C14H12Br2N6O. The first-order chi connectivity index (χ1) is 11.0. The molecule has 3 rings (SSSR count). The molecule has 0 bridgehead atoms. The smallest absolute Gasteiger partial charge is 0.273 e. The van der Waals surface area contributed by atoms with Crippen LogP contribution in [0.4, 0.5) is 0 Å². The van der Waals surface area contributed by atoms with Gasteiger partial charge in [-0.3, -0.25) is 0 Å². The van der Waals surface area contributed by atoms with Crippen LogP contribution < -0.4 is 0 Å². The molecule has 0 radical (unpaired) electrons. The molecule has 0 spiro atoms. The molecule has 9 heteroatoms. The number of hydrogen-bond donors (Lipinski definition) is 1. The van der Waals surface area contributed by atoms with E-state index in [2.05, 4.69) is 52.3 Å². The maximum atomic E-state index is 10.1. The Morgan fingerprint density at radius 3 is 2.70 bits per heavy atom. The van der Waals surface area contributed by atoms with Crippen molar-refractivity contribution < 1.29 is 5.11 Å². The zero-order valence-electron chi connectivity index (χ0n) is 12.3. The van der Waals surface area contributed by atoms with Crippen LogP contribution in [0.3, 0.4) is 0 Å². The number of aromatic hydroxyl groups is 1. The molecule has 2 aromatic heterocycles. The molecule has 0 unspecified atom stereocenters. The van der Waals surface area contributed by atoms with Crippen LogP contribution in [-0.4, -0.2) is 36.0 Å². The predicted octanol–water partition coefficient (Wildman–Crippen LogP) is 3.19. The first kappa shape index (κ1) is 15.9. The average Bonchev–Trinajstić information content (AvgIpc) is 3.07. The van der Waals surface area contributed by atoms with Crippen LogP contribution in [0.15, 0.2) is 38.6 Å². The first-order valence-electron chi connectivity index (χ1n) is 6.61. The highest BCUT2D eigenvalue weighted by Gasteiger charge is 2.11. The molecule has 0 atom stereocenters. The Labute approximate surface area is 148 Å². The van der Waals surface area contributed by atoms with Crippen LogP contribution >= 0.6 is 31.9 Å². The summed E-state index contributed by atoms with van der Waals surface area (Å²) in [6.07, 6.45) is 3.01. The van der Waals surface area contributed by atoms with Gasteiger partial charge in [0.05, 0.1) is 16.4 Å². The number of phenols is 1. The molecule has 0 aliphatic carbocycles. The zero-order chi connectivity index (χ0) is 16.6. The van der Waals surface area contributed by atoms with Crippen molar-refractivity contribution in [2.75, 3.05) is 0 Å². The van der Waals surface area contributed by atoms with Gasteiger partial charge in [-0.2, -0.15) is 14.9 Å². The minimum absolute atomic E-state index is 0.109. The Balaban J connectivity index is 1.99. The molecule has 0 amide bonds. The van der Waals surface area contributed by atoms with Crippen LogP contribution in [-0.2, 0) is 0 Å². The number of rotatable bonds is 3. The fourth-order valence-corrected chi connectivity index (χ4v) is 3.34. The van der Waals surface area contributed by atoms with E-state index in [9.17, 15) is 5.11 Å². The van der Waals surface area contributed by atoms with Crippen molar-refractivity contribution >= 4 is 38.1 Å². The van der Waals surface area contributed by atoms with Gasteiger partial charge in [-0.05, 0) is 48.0 Å². The molecular weight excluding hydrogens is 428 g/mol. The zero-order valence-corrected chi connectivity index (χ0v) is 15.4. The quantitative estimate of drug-likeness (QED) is 0.635. The number of hydrogen-bond acceptors (Lipinski definition) is 5. The second kappa shape index (κ2) is 6.25. The van der Waals surface area contributed by atoms with Gasteiger partial charge in [0.15, 0.2) is 0 Å². The first-order valence-corrected chi connectivity index (χ1v) is 8.20. The number of benzene rings is 1. The second-order valence-electron chi connectivity index (χ2n) is 4.88. The Kier molecular flexibility index (Phi) is 4.31. The van der Waals surface area contributed by atoms with Gasteiger partial charge in [-0.25, -0.2) is 4.68 Å². The van der Waals surface area contributed by atoms with E-state index in [4.69, 9.17) is 0 Å². The summed E-state index contributed by atoms with van der Waals surface area (Å²) in [6, 6.07) is 5.46. The van der Waals surface area contributed by atoms with E-state index in [1.54, 1.807) is 16.8 Å². The number of aryl methyl sites for hydroxylation is 2. The van der Waals surface area contributed by atoms with Crippen molar-refractivity contribution in [2.24, 2.45) is 5.10 Å².